The Balaban J connectivity index is 2.44. The first-order chi connectivity index (χ1) is 11.0. The molecule has 2 rings (SSSR count). The fraction of sp³-hybridized carbons (Fsp3) is 0.188. The molecule has 0 fully saturated rings. The molecule has 0 bridgehead atoms. The standard InChI is InChI=1S/C16H15NO6/c1-3-22-16(18)23-15-9-6-12(17(19)20)10-14(15)11-4-7-13(21-2)8-5-11/h4-10H,3H2,1-2H3. The third-order valence-electron chi connectivity index (χ3n) is 3.03. The van der Waals surface area contributed by atoms with E-state index >= 15 is 0 Å². The topological polar surface area (TPSA) is 87.9 Å². The van der Waals surface area contributed by atoms with Crippen molar-refractivity contribution in [3.8, 4) is 22.6 Å². The highest BCUT2D eigenvalue weighted by molar-refractivity contribution is 5.76. The number of nitrogens with zero attached hydrogens (tertiary/aromatic N) is 1. The molecular weight excluding hydrogens is 302 g/mol. The number of nitro benzene ring substituents is 1. The van der Waals surface area contributed by atoms with E-state index in [0.717, 1.165) is 0 Å². The zero-order chi connectivity index (χ0) is 16.8. The minimum atomic E-state index is -0.865. The lowest BCUT2D eigenvalue weighted by Gasteiger charge is -2.10. The Morgan fingerprint density at radius 1 is 1.17 bits per heavy atom. The van der Waals surface area contributed by atoms with Crippen molar-refractivity contribution >= 4 is 11.8 Å². The van der Waals surface area contributed by atoms with Crippen molar-refractivity contribution < 1.29 is 23.9 Å². The van der Waals surface area contributed by atoms with E-state index in [1.807, 2.05) is 0 Å². The summed E-state index contributed by atoms with van der Waals surface area (Å²) in [4.78, 5) is 22.0. The molecule has 0 atom stereocenters. The lowest BCUT2D eigenvalue weighted by Crippen LogP contribution is -2.10. The predicted octanol–water partition coefficient (Wildman–Crippen LogP) is 3.81. The van der Waals surface area contributed by atoms with E-state index in [0.29, 0.717) is 16.9 Å². The number of methoxy groups -OCH3 is 1. The normalized spacial score (nSPS) is 10.0. The number of ether oxygens (including phenoxy) is 3. The number of benzene rings is 2. The van der Waals surface area contributed by atoms with Gasteiger partial charge in [0, 0.05) is 17.7 Å². The number of non-ortho nitro benzene ring substituents is 1. The molecule has 0 saturated heterocycles. The fourth-order valence-corrected chi connectivity index (χ4v) is 1.95. The molecule has 0 heterocycles. The Kier molecular flexibility index (Phi) is 5.14. The molecule has 0 amide bonds. The fourth-order valence-electron chi connectivity index (χ4n) is 1.95. The van der Waals surface area contributed by atoms with E-state index in [1.54, 1.807) is 31.2 Å². The molecule has 120 valence electrons. The van der Waals surface area contributed by atoms with Crippen LogP contribution >= 0.6 is 0 Å². The summed E-state index contributed by atoms with van der Waals surface area (Å²) < 4.78 is 14.9. The van der Waals surface area contributed by atoms with Crippen molar-refractivity contribution in [3.05, 3.63) is 52.6 Å². The third-order valence-corrected chi connectivity index (χ3v) is 3.03. The average Bonchev–Trinajstić information content (AvgIpc) is 2.55. The second-order valence-corrected chi connectivity index (χ2v) is 4.45. The van der Waals surface area contributed by atoms with Crippen LogP contribution in [0.1, 0.15) is 6.92 Å². The van der Waals surface area contributed by atoms with Crippen LogP contribution < -0.4 is 9.47 Å². The second kappa shape index (κ2) is 7.26. The number of rotatable bonds is 5. The van der Waals surface area contributed by atoms with Gasteiger partial charge in [0.05, 0.1) is 18.6 Å². The van der Waals surface area contributed by atoms with Crippen LogP contribution in [0.15, 0.2) is 42.5 Å². The average molecular weight is 317 g/mol. The molecule has 7 heteroatoms. The molecular formula is C16H15NO6. The molecule has 7 nitrogen and oxygen atoms in total. The lowest BCUT2D eigenvalue weighted by molar-refractivity contribution is -0.384. The maximum absolute atomic E-state index is 11.5. The van der Waals surface area contributed by atoms with Gasteiger partial charge in [0.25, 0.3) is 5.69 Å². The van der Waals surface area contributed by atoms with Crippen LogP contribution in [0.3, 0.4) is 0 Å². The number of carbonyl (C=O) groups excluding carboxylic acids is 1. The summed E-state index contributed by atoms with van der Waals surface area (Å²) in [5.74, 6) is 0.825. The van der Waals surface area contributed by atoms with Crippen LogP contribution in [0.5, 0.6) is 11.5 Å². The van der Waals surface area contributed by atoms with Gasteiger partial charge in [-0.25, -0.2) is 4.79 Å². The highest BCUT2D eigenvalue weighted by Crippen LogP contribution is 2.34. The molecule has 0 aliphatic carbocycles. The Bertz CT molecular complexity index is 711. The summed E-state index contributed by atoms with van der Waals surface area (Å²) in [5.41, 5.74) is 0.954. The van der Waals surface area contributed by atoms with E-state index in [9.17, 15) is 14.9 Å². The van der Waals surface area contributed by atoms with Crippen molar-refractivity contribution in [1.29, 1.82) is 0 Å². The molecule has 0 radical (unpaired) electrons. The van der Waals surface area contributed by atoms with Crippen LogP contribution in [0.2, 0.25) is 0 Å². The highest BCUT2D eigenvalue weighted by atomic mass is 16.7. The number of hydrogen-bond acceptors (Lipinski definition) is 6. The number of hydrogen-bond donors (Lipinski definition) is 0. The second-order valence-electron chi connectivity index (χ2n) is 4.45. The van der Waals surface area contributed by atoms with Crippen molar-refractivity contribution in [2.45, 2.75) is 6.92 Å². The molecule has 0 unspecified atom stereocenters. The minimum Gasteiger partial charge on any atom is -0.497 e. The first-order valence-electron chi connectivity index (χ1n) is 6.82. The molecule has 23 heavy (non-hydrogen) atoms. The maximum atomic E-state index is 11.5. The molecule has 0 saturated carbocycles. The maximum Gasteiger partial charge on any atom is 0.513 e. The Hall–Kier alpha value is -3.09. The van der Waals surface area contributed by atoms with Crippen LogP contribution in [0, 0.1) is 10.1 Å². The molecule has 2 aromatic rings. The summed E-state index contributed by atoms with van der Waals surface area (Å²) in [5, 5.41) is 11.0. The summed E-state index contributed by atoms with van der Waals surface area (Å²) in [6.07, 6.45) is -0.865. The zero-order valence-electron chi connectivity index (χ0n) is 12.6. The van der Waals surface area contributed by atoms with Gasteiger partial charge in [-0.1, -0.05) is 12.1 Å². The first kappa shape index (κ1) is 16.3. The van der Waals surface area contributed by atoms with Crippen LogP contribution in [-0.2, 0) is 4.74 Å². The zero-order valence-corrected chi connectivity index (χ0v) is 12.6. The Morgan fingerprint density at radius 3 is 2.43 bits per heavy atom. The van der Waals surface area contributed by atoms with Gasteiger partial charge < -0.3 is 14.2 Å². The van der Waals surface area contributed by atoms with Gasteiger partial charge in [-0.2, -0.15) is 0 Å². The summed E-state index contributed by atoms with van der Waals surface area (Å²) in [7, 11) is 1.54. The summed E-state index contributed by atoms with van der Waals surface area (Å²) in [6.45, 7) is 1.82. The van der Waals surface area contributed by atoms with Crippen molar-refractivity contribution in [3.63, 3.8) is 0 Å². The highest BCUT2D eigenvalue weighted by Gasteiger charge is 2.16. The van der Waals surface area contributed by atoms with E-state index in [1.165, 1.54) is 25.3 Å². The van der Waals surface area contributed by atoms with Gasteiger partial charge in [0.2, 0.25) is 0 Å². The van der Waals surface area contributed by atoms with Gasteiger partial charge >= 0.3 is 6.16 Å². The van der Waals surface area contributed by atoms with Gasteiger partial charge in [0.1, 0.15) is 11.5 Å². The van der Waals surface area contributed by atoms with Crippen molar-refractivity contribution in [2.24, 2.45) is 0 Å². The quantitative estimate of drug-likeness (QED) is 0.361. The minimum absolute atomic E-state index is 0.105. The van der Waals surface area contributed by atoms with Gasteiger partial charge in [-0.3, -0.25) is 10.1 Å². The largest absolute Gasteiger partial charge is 0.513 e. The SMILES string of the molecule is CCOC(=O)Oc1ccc([N+](=O)[O-])cc1-c1ccc(OC)cc1. The monoisotopic (exact) mass is 317 g/mol. The third kappa shape index (κ3) is 3.97. The van der Waals surface area contributed by atoms with Crippen LogP contribution in [-0.4, -0.2) is 24.8 Å². The van der Waals surface area contributed by atoms with Crippen molar-refractivity contribution in [2.75, 3.05) is 13.7 Å². The van der Waals surface area contributed by atoms with Gasteiger partial charge in [-0.05, 0) is 30.7 Å². The van der Waals surface area contributed by atoms with E-state index in [-0.39, 0.29) is 18.0 Å². The van der Waals surface area contributed by atoms with Crippen molar-refractivity contribution in [1.82, 2.24) is 0 Å². The van der Waals surface area contributed by atoms with Crippen LogP contribution in [0.4, 0.5) is 10.5 Å². The van der Waals surface area contributed by atoms with Crippen LogP contribution in [0.25, 0.3) is 11.1 Å². The molecule has 0 spiro atoms. The Labute approximate surface area is 132 Å². The predicted molar refractivity (Wildman–Crippen MR) is 82.7 cm³/mol. The van der Waals surface area contributed by atoms with Gasteiger partial charge in [0.15, 0.2) is 0 Å². The van der Waals surface area contributed by atoms with E-state index in [4.69, 9.17) is 14.2 Å². The molecule has 2 aromatic carbocycles. The molecule has 0 aliphatic rings. The molecule has 0 aliphatic heterocycles. The molecule has 0 aromatic heterocycles. The summed E-state index contributed by atoms with van der Waals surface area (Å²) in [6, 6.07) is 10.8. The molecule has 0 N–H and O–H groups in total. The Morgan fingerprint density at radius 2 is 1.87 bits per heavy atom. The first-order valence-corrected chi connectivity index (χ1v) is 6.82. The summed E-state index contributed by atoms with van der Waals surface area (Å²) >= 11 is 0. The van der Waals surface area contributed by atoms with E-state index < -0.39 is 11.1 Å². The lowest BCUT2D eigenvalue weighted by atomic mass is 10.0. The number of carbonyl (C=O) groups is 1. The van der Waals surface area contributed by atoms with E-state index in [2.05, 4.69) is 0 Å². The van der Waals surface area contributed by atoms with Gasteiger partial charge in [-0.15, -0.1) is 0 Å². The smallest absolute Gasteiger partial charge is 0.497 e. The number of nitro groups is 1.